The Morgan fingerprint density at radius 2 is 1.66 bits per heavy atom. The lowest BCUT2D eigenvalue weighted by atomic mass is 9.73. The van der Waals surface area contributed by atoms with Crippen LogP contribution in [0.25, 0.3) is 0 Å². The minimum Gasteiger partial charge on any atom is -0.491 e. The second-order valence-electron chi connectivity index (χ2n) is 11.2. The molecule has 5 rings (SSSR count). The first kappa shape index (κ1) is 24.3. The lowest BCUT2D eigenvalue weighted by molar-refractivity contribution is 0.0297. The minimum atomic E-state index is -0.237. The standard InChI is InChI=1S/C19H24BrFO.C9H16O/c1-11-9-14(21)10-15(16(11)12-5-6-12)17(20)18(13-7-8-13)22-19(2,3)4;1-2-8(3-1)9-4-6-10-7-5-9/h9-10,12,17H,5-8H2,1-4H3;8-9H,1-7H2. The first-order valence-corrected chi connectivity index (χ1v) is 13.6. The van der Waals surface area contributed by atoms with Crippen LogP contribution in [0.3, 0.4) is 0 Å². The van der Waals surface area contributed by atoms with E-state index in [1.165, 1.54) is 56.1 Å². The minimum absolute atomic E-state index is 0.0470. The predicted octanol–water partition coefficient (Wildman–Crippen LogP) is 8.52. The van der Waals surface area contributed by atoms with Crippen molar-refractivity contribution in [3.63, 3.8) is 0 Å². The molecule has 1 heterocycles. The molecule has 1 aromatic carbocycles. The molecule has 4 aliphatic rings. The SMILES string of the molecule is C1CC(C2CCOCC2)C1.Cc1cc(F)cc(C(Br)C(OC(C)(C)C)=C2CC2)c1C1CC1. The molecule has 1 saturated heterocycles. The lowest BCUT2D eigenvalue weighted by Gasteiger charge is -2.35. The molecule has 4 heteroatoms. The topological polar surface area (TPSA) is 18.5 Å². The molecule has 1 unspecified atom stereocenters. The molecule has 32 heavy (non-hydrogen) atoms. The molecular weight excluding hydrogens is 467 g/mol. The summed E-state index contributed by atoms with van der Waals surface area (Å²) in [5.41, 5.74) is 4.57. The van der Waals surface area contributed by atoms with Gasteiger partial charge in [0.2, 0.25) is 0 Å². The number of ether oxygens (including phenoxy) is 2. The Labute approximate surface area is 202 Å². The largest absolute Gasteiger partial charge is 0.491 e. The third kappa shape index (κ3) is 6.38. The van der Waals surface area contributed by atoms with Crippen LogP contribution in [-0.4, -0.2) is 18.8 Å². The summed E-state index contributed by atoms with van der Waals surface area (Å²) in [6, 6.07) is 3.35. The van der Waals surface area contributed by atoms with Crippen LogP contribution in [-0.2, 0) is 9.47 Å². The fourth-order valence-electron chi connectivity index (χ4n) is 5.10. The van der Waals surface area contributed by atoms with Crippen molar-refractivity contribution in [1.82, 2.24) is 0 Å². The number of hydrogen-bond donors (Lipinski definition) is 0. The number of alkyl halides is 1. The Bertz CT molecular complexity index is 821. The average Bonchev–Trinajstić information content (AvgIpc) is 3.58. The number of allylic oxidation sites excluding steroid dienone is 2. The quantitative estimate of drug-likeness (QED) is 0.294. The third-order valence-electron chi connectivity index (χ3n) is 7.22. The van der Waals surface area contributed by atoms with E-state index >= 15 is 0 Å². The van der Waals surface area contributed by atoms with Gasteiger partial charge in [-0.25, -0.2) is 4.39 Å². The van der Waals surface area contributed by atoms with Gasteiger partial charge in [-0.3, -0.25) is 0 Å². The summed E-state index contributed by atoms with van der Waals surface area (Å²) >= 11 is 3.81. The maximum Gasteiger partial charge on any atom is 0.123 e. The molecule has 4 fully saturated rings. The molecule has 0 radical (unpaired) electrons. The summed E-state index contributed by atoms with van der Waals surface area (Å²) in [5.74, 6) is 3.55. The fourth-order valence-corrected chi connectivity index (χ4v) is 5.90. The smallest absolute Gasteiger partial charge is 0.123 e. The highest BCUT2D eigenvalue weighted by atomic mass is 79.9. The number of benzene rings is 1. The number of rotatable bonds is 5. The van der Waals surface area contributed by atoms with Crippen molar-refractivity contribution < 1.29 is 13.9 Å². The fraction of sp³-hybridized carbons (Fsp3) is 0.714. The molecule has 0 bridgehead atoms. The van der Waals surface area contributed by atoms with Crippen LogP contribution in [0.15, 0.2) is 23.5 Å². The Kier molecular flexibility index (Phi) is 7.71. The van der Waals surface area contributed by atoms with Gasteiger partial charge >= 0.3 is 0 Å². The summed E-state index contributed by atoms with van der Waals surface area (Å²) in [6.45, 7) is 10.3. The molecular formula is C28H40BrFO2. The van der Waals surface area contributed by atoms with Gasteiger partial charge in [-0.15, -0.1) is 0 Å². The van der Waals surface area contributed by atoms with Crippen molar-refractivity contribution in [2.24, 2.45) is 11.8 Å². The second-order valence-corrected chi connectivity index (χ2v) is 12.1. The van der Waals surface area contributed by atoms with Crippen molar-refractivity contribution >= 4 is 15.9 Å². The van der Waals surface area contributed by atoms with Gasteiger partial charge in [0.05, 0.1) is 4.83 Å². The number of halogens is 2. The van der Waals surface area contributed by atoms with Crippen molar-refractivity contribution in [3.8, 4) is 0 Å². The Hall–Kier alpha value is -0.870. The van der Waals surface area contributed by atoms with Gasteiger partial charge in [0.25, 0.3) is 0 Å². The van der Waals surface area contributed by atoms with E-state index in [1.807, 2.05) is 6.92 Å². The van der Waals surface area contributed by atoms with Gasteiger partial charge in [0.1, 0.15) is 17.2 Å². The second kappa shape index (κ2) is 10.2. The number of aryl methyl sites for hydroxylation is 1. The van der Waals surface area contributed by atoms with Crippen LogP contribution in [0.5, 0.6) is 0 Å². The monoisotopic (exact) mass is 506 g/mol. The van der Waals surface area contributed by atoms with Crippen LogP contribution >= 0.6 is 15.9 Å². The van der Waals surface area contributed by atoms with E-state index in [-0.39, 0.29) is 16.2 Å². The van der Waals surface area contributed by atoms with Crippen LogP contribution < -0.4 is 0 Å². The van der Waals surface area contributed by atoms with Crippen LogP contribution in [0, 0.1) is 24.6 Å². The first-order chi connectivity index (χ1) is 15.2. The van der Waals surface area contributed by atoms with E-state index in [0.29, 0.717) is 5.92 Å². The van der Waals surface area contributed by atoms with Crippen LogP contribution in [0.1, 0.15) is 106 Å². The van der Waals surface area contributed by atoms with E-state index in [4.69, 9.17) is 9.47 Å². The molecule has 0 aromatic heterocycles. The van der Waals surface area contributed by atoms with E-state index in [0.717, 1.165) is 54.8 Å². The van der Waals surface area contributed by atoms with Crippen LogP contribution in [0.4, 0.5) is 4.39 Å². The Morgan fingerprint density at radius 1 is 1.03 bits per heavy atom. The average molecular weight is 508 g/mol. The zero-order valence-corrected chi connectivity index (χ0v) is 21.9. The van der Waals surface area contributed by atoms with Gasteiger partial charge in [0, 0.05) is 13.2 Å². The van der Waals surface area contributed by atoms with Crippen molar-refractivity contribution in [2.45, 2.75) is 102 Å². The molecule has 3 aliphatic carbocycles. The molecule has 178 valence electrons. The summed E-state index contributed by atoms with van der Waals surface area (Å²) in [5, 5.41) is 0. The van der Waals surface area contributed by atoms with Crippen LogP contribution in [0.2, 0.25) is 0 Å². The van der Waals surface area contributed by atoms with Gasteiger partial charge in [-0.05, 0) is 118 Å². The van der Waals surface area contributed by atoms with Crippen molar-refractivity contribution in [1.29, 1.82) is 0 Å². The maximum absolute atomic E-state index is 14.0. The van der Waals surface area contributed by atoms with Gasteiger partial charge in [-0.2, -0.15) is 0 Å². The molecule has 2 nitrogen and oxygen atoms in total. The van der Waals surface area contributed by atoms with E-state index < -0.39 is 0 Å². The highest BCUT2D eigenvalue weighted by Gasteiger charge is 2.35. The molecule has 1 aliphatic heterocycles. The van der Waals surface area contributed by atoms with Gasteiger partial charge < -0.3 is 9.47 Å². The molecule has 0 spiro atoms. The first-order valence-electron chi connectivity index (χ1n) is 12.7. The van der Waals surface area contributed by atoms with E-state index in [9.17, 15) is 4.39 Å². The Morgan fingerprint density at radius 3 is 2.16 bits per heavy atom. The highest BCUT2D eigenvalue weighted by Crippen LogP contribution is 2.50. The summed E-state index contributed by atoms with van der Waals surface area (Å²) in [7, 11) is 0. The van der Waals surface area contributed by atoms with Gasteiger partial charge in [-0.1, -0.05) is 35.2 Å². The van der Waals surface area contributed by atoms with E-state index in [2.05, 4.69) is 36.7 Å². The summed E-state index contributed by atoms with van der Waals surface area (Å²) < 4.78 is 25.5. The summed E-state index contributed by atoms with van der Waals surface area (Å²) in [4.78, 5) is -0.0470. The van der Waals surface area contributed by atoms with Crippen molar-refractivity contribution in [2.75, 3.05) is 13.2 Å². The summed E-state index contributed by atoms with van der Waals surface area (Å²) in [6.07, 6.45) is 11.8. The molecule has 0 N–H and O–H groups in total. The zero-order chi connectivity index (χ0) is 22.9. The molecule has 3 saturated carbocycles. The lowest BCUT2D eigenvalue weighted by Crippen LogP contribution is -2.27. The number of hydrogen-bond acceptors (Lipinski definition) is 2. The Balaban J connectivity index is 0.000000203. The molecule has 1 aromatic rings. The van der Waals surface area contributed by atoms with Gasteiger partial charge in [0.15, 0.2) is 0 Å². The maximum atomic E-state index is 14.0. The highest BCUT2D eigenvalue weighted by molar-refractivity contribution is 9.09. The zero-order valence-electron chi connectivity index (χ0n) is 20.3. The predicted molar refractivity (Wildman–Crippen MR) is 133 cm³/mol. The third-order valence-corrected chi connectivity index (χ3v) is 8.13. The molecule has 1 atom stereocenters. The molecule has 0 amide bonds. The van der Waals surface area contributed by atoms with Crippen molar-refractivity contribution in [3.05, 3.63) is 46.0 Å². The van der Waals surface area contributed by atoms with E-state index in [1.54, 1.807) is 12.1 Å². The normalized spacial score (nSPS) is 22.5.